The minimum Gasteiger partial charge on any atom is -0.345 e. The summed E-state index contributed by atoms with van der Waals surface area (Å²) in [6.07, 6.45) is 0.451. The molecule has 0 radical (unpaired) electrons. The van der Waals surface area contributed by atoms with Crippen LogP contribution in [0.4, 0.5) is 0 Å². The van der Waals surface area contributed by atoms with Gasteiger partial charge in [-0.05, 0) is 5.41 Å². The quantitative estimate of drug-likeness (QED) is 0.685. The average molecular weight is 172 g/mol. The smallest absolute Gasteiger partial charge is 0.223 e. The van der Waals surface area contributed by atoms with E-state index in [1.807, 2.05) is 7.05 Å². The lowest BCUT2D eigenvalue weighted by molar-refractivity contribution is -0.130. The standard InChI is InChI=1S/C9H20N2O/c1-9(2,3)7-11(4)8(12)5-6-10/h5-7,10H2,1-4H3. The van der Waals surface area contributed by atoms with Gasteiger partial charge in [-0.3, -0.25) is 4.79 Å². The Labute approximate surface area is 74.9 Å². The second kappa shape index (κ2) is 4.45. The summed E-state index contributed by atoms with van der Waals surface area (Å²) in [6.45, 7) is 7.55. The van der Waals surface area contributed by atoms with Crippen LogP contribution in [0.3, 0.4) is 0 Å². The molecule has 3 heteroatoms. The zero-order valence-corrected chi connectivity index (χ0v) is 8.55. The molecule has 0 fully saturated rings. The van der Waals surface area contributed by atoms with Crippen molar-refractivity contribution < 1.29 is 4.79 Å². The summed E-state index contributed by atoms with van der Waals surface area (Å²) in [5, 5.41) is 0. The normalized spacial score (nSPS) is 11.4. The molecule has 1 amide bonds. The second-order valence-electron chi connectivity index (χ2n) is 4.35. The van der Waals surface area contributed by atoms with Crippen LogP contribution in [0.1, 0.15) is 27.2 Å². The van der Waals surface area contributed by atoms with Gasteiger partial charge in [-0.25, -0.2) is 0 Å². The molecule has 0 unspecified atom stereocenters. The molecular formula is C9H20N2O. The lowest BCUT2D eigenvalue weighted by atomic mass is 9.96. The van der Waals surface area contributed by atoms with Crippen molar-refractivity contribution in [2.24, 2.45) is 11.1 Å². The molecular weight excluding hydrogens is 152 g/mol. The highest BCUT2D eigenvalue weighted by atomic mass is 16.2. The first-order valence-corrected chi connectivity index (χ1v) is 4.31. The summed E-state index contributed by atoms with van der Waals surface area (Å²) in [7, 11) is 1.82. The molecule has 2 N–H and O–H groups in total. The van der Waals surface area contributed by atoms with Crippen molar-refractivity contribution in [3.63, 3.8) is 0 Å². The fourth-order valence-corrected chi connectivity index (χ4v) is 1.11. The zero-order chi connectivity index (χ0) is 9.78. The van der Waals surface area contributed by atoms with Crippen molar-refractivity contribution in [1.29, 1.82) is 0 Å². The fourth-order valence-electron chi connectivity index (χ4n) is 1.11. The third-order valence-electron chi connectivity index (χ3n) is 1.50. The number of nitrogens with zero attached hydrogens (tertiary/aromatic N) is 1. The highest BCUT2D eigenvalue weighted by Gasteiger charge is 2.16. The van der Waals surface area contributed by atoms with Gasteiger partial charge in [-0.2, -0.15) is 0 Å². The molecule has 0 aliphatic carbocycles. The fraction of sp³-hybridized carbons (Fsp3) is 0.889. The topological polar surface area (TPSA) is 46.3 Å². The SMILES string of the molecule is CN(CC(C)(C)C)C(=O)CCN. The van der Waals surface area contributed by atoms with E-state index in [4.69, 9.17) is 5.73 Å². The molecule has 3 nitrogen and oxygen atoms in total. The van der Waals surface area contributed by atoms with Gasteiger partial charge in [0.05, 0.1) is 0 Å². The van der Waals surface area contributed by atoms with Crippen LogP contribution in [-0.2, 0) is 4.79 Å². The van der Waals surface area contributed by atoms with E-state index in [2.05, 4.69) is 20.8 Å². The van der Waals surface area contributed by atoms with E-state index in [9.17, 15) is 4.79 Å². The first-order chi connectivity index (χ1) is 5.37. The number of rotatable bonds is 3. The van der Waals surface area contributed by atoms with Crippen molar-refractivity contribution in [2.45, 2.75) is 27.2 Å². The summed E-state index contributed by atoms with van der Waals surface area (Å²) in [5.74, 6) is 0.132. The maximum atomic E-state index is 11.3. The molecule has 12 heavy (non-hydrogen) atoms. The van der Waals surface area contributed by atoms with E-state index in [1.54, 1.807) is 4.90 Å². The Balaban J connectivity index is 3.87. The molecule has 0 aromatic rings. The Morgan fingerprint density at radius 1 is 1.42 bits per heavy atom. The van der Waals surface area contributed by atoms with Crippen LogP contribution < -0.4 is 5.73 Å². The number of amides is 1. The lowest BCUT2D eigenvalue weighted by Crippen LogP contribution is -2.35. The molecule has 0 atom stereocenters. The Morgan fingerprint density at radius 3 is 2.25 bits per heavy atom. The highest BCUT2D eigenvalue weighted by molar-refractivity contribution is 5.76. The predicted octanol–water partition coefficient (Wildman–Crippen LogP) is 0.840. The van der Waals surface area contributed by atoms with E-state index < -0.39 is 0 Å². The number of hydrogen-bond donors (Lipinski definition) is 1. The van der Waals surface area contributed by atoms with Gasteiger partial charge in [0.25, 0.3) is 0 Å². The second-order valence-corrected chi connectivity index (χ2v) is 4.35. The number of carbonyl (C=O) groups is 1. The molecule has 72 valence electrons. The first kappa shape index (κ1) is 11.4. The monoisotopic (exact) mass is 172 g/mol. The molecule has 0 heterocycles. The van der Waals surface area contributed by atoms with E-state index >= 15 is 0 Å². The van der Waals surface area contributed by atoms with Gasteiger partial charge >= 0.3 is 0 Å². The van der Waals surface area contributed by atoms with Crippen molar-refractivity contribution in [3.8, 4) is 0 Å². The van der Waals surface area contributed by atoms with Crippen LogP contribution in [0.2, 0.25) is 0 Å². The van der Waals surface area contributed by atoms with E-state index in [0.717, 1.165) is 6.54 Å². The van der Waals surface area contributed by atoms with Crippen molar-refractivity contribution in [3.05, 3.63) is 0 Å². The maximum Gasteiger partial charge on any atom is 0.223 e. The van der Waals surface area contributed by atoms with E-state index in [0.29, 0.717) is 13.0 Å². The molecule has 0 bridgehead atoms. The summed E-state index contributed by atoms with van der Waals surface area (Å²) < 4.78 is 0. The Bertz CT molecular complexity index is 149. The van der Waals surface area contributed by atoms with Crippen molar-refractivity contribution >= 4 is 5.91 Å². The van der Waals surface area contributed by atoms with Gasteiger partial charge in [0.15, 0.2) is 0 Å². The van der Waals surface area contributed by atoms with E-state index in [1.165, 1.54) is 0 Å². The van der Waals surface area contributed by atoms with Crippen LogP contribution >= 0.6 is 0 Å². The molecule has 0 rings (SSSR count). The maximum absolute atomic E-state index is 11.3. The summed E-state index contributed by atoms with van der Waals surface area (Å²) in [4.78, 5) is 13.0. The van der Waals surface area contributed by atoms with Gasteiger partial charge in [-0.1, -0.05) is 20.8 Å². The molecule has 0 spiro atoms. The number of nitrogens with two attached hydrogens (primary N) is 1. The Hall–Kier alpha value is -0.570. The van der Waals surface area contributed by atoms with Crippen LogP contribution in [0.15, 0.2) is 0 Å². The number of carbonyl (C=O) groups excluding carboxylic acids is 1. The third kappa shape index (κ3) is 5.13. The third-order valence-corrected chi connectivity index (χ3v) is 1.50. The van der Waals surface area contributed by atoms with Crippen LogP contribution in [0.5, 0.6) is 0 Å². The average Bonchev–Trinajstić information content (AvgIpc) is 1.84. The number of hydrogen-bond acceptors (Lipinski definition) is 2. The first-order valence-electron chi connectivity index (χ1n) is 4.31. The summed E-state index contributed by atoms with van der Waals surface area (Å²) in [6, 6.07) is 0. The molecule has 0 saturated carbocycles. The molecule has 0 aliphatic heterocycles. The van der Waals surface area contributed by atoms with Crippen molar-refractivity contribution in [1.82, 2.24) is 4.90 Å². The van der Waals surface area contributed by atoms with Crippen LogP contribution in [0.25, 0.3) is 0 Å². The zero-order valence-electron chi connectivity index (χ0n) is 8.55. The van der Waals surface area contributed by atoms with Gasteiger partial charge in [0, 0.05) is 26.6 Å². The van der Waals surface area contributed by atoms with Crippen molar-refractivity contribution in [2.75, 3.05) is 20.1 Å². The van der Waals surface area contributed by atoms with Gasteiger partial charge in [0.1, 0.15) is 0 Å². The van der Waals surface area contributed by atoms with Crippen LogP contribution in [-0.4, -0.2) is 30.9 Å². The predicted molar refractivity (Wildman–Crippen MR) is 50.8 cm³/mol. The Morgan fingerprint density at radius 2 is 1.92 bits per heavy atom. The molecule has 0 saturated heterocycles. The Kier molecular flexibility index (Phi) is 4.24. The molecule has 0 aromatic heterocycles. The van der Waals surface area contributed by atoms with E-state index in [-0.39, 0.29) is 11.3 Å². The summed E-state index contributed by atoms with van der Waals surface area (Å²) >= 11 is 0. The minimum atomic E-state index is 0.132. The van der Waals surface area contributed by atoms with Gasteiger partial charge in [0.2, 0.25) is 5.91 Å². The summed E-state index contributed by atoms with van der Waals surface area (Å²) in [5.41, 5.74) is 5.45. The molecule has 0 aliphatic rings. The highest BCUT2D eigenvalue weighted by Crippen LogP contribution is 2.14. The van der Waals surface area contributed by atoms with Crippen LogP contribution in [0, 0.1) is 5.41 Å². The minimum absolute atomic E-state index is 0.132. The van der Waals surface area contributed by atoms with Gasteiger partial charge in [-0.15, -0.1) is 0 Å². The lowest BCUT2D eigenvalue weighted by Gasteiger charge is -2.26. The molecule has 0 aromatic carbocycles. The van der Waals surface area contributed by atoms with Gasteiger partial charge < -0.3 is 10.6 Å². The largest absolute Gasteiger partial charge is 0.345 e.